The second-order valence-corrected chi connectivity index (χ2v) is 6.54. The molecule has 0 saturated carbocycles. The van der Waals surface area contributed by atoms with E-state index in [0.717, 1.165) is 5.56 Å². The number of hydrogen-bond acceptors (Lipinski definition) is 0. The van der Waals surface area contributed by atoms with Gasteiger partial charge >= 0.3 is 0 Å². The Kier molecular flexibility index (Phi) is 3.50. The van der Waals surface area contributed by atoms with Gasteiger partial charge in [-0.05, 0) is 48.7 Å². The van der Waals surface area contributed by atoms with Crippen LogP contribution in [0.3, 0.4) is 0 Å². The van der Waals surface area contributed by atoms with E-state index in [4.69, 9.17) is 0 Å². The van der Waals surface area contributed by atoms with E-state index in [9.17, 15) is 0 Å². The summed E-state index contributed by atoms with van der Waals surface area (Å²) in [6.45, 7) is 8.31. The summed E-state index contributed by atoms with van der Waals surface area (Å²) in [6.07, 6.45) is 1.88. The van der Waals surface area contributed by atoms with E-state index >= 15 is 0 Å². The highest BCUT2D eigenvalue weighted by Gasteiger charge is 2.13. The molecular weight excluding hydrogens is 290 g/mol. The molecule has 0 aliphatic carbocycles. The van der Waals surface area contributed by atoms with Crippen molar-refractivity contribution in [3.8, 4) is 11.1 Å². The van der Waals surface area contributed by atoms with Gasteiger partial charge in [-0.3, -0.25) is 0 Å². The summed E-state index contributed by atoms with van der Waals surface area (Å²) in [4.78, 5) is 0. The highest BCUT2D eigenvalue weighted by molar-refractivity contribution is 6.09. The largest absolute Gasteiger partial charge is 0.338 e. The molecule has 1 aromatic heterocycles. The van der Waals surface area contributed by atoms with Gasteiger partial charge in [0.25, 0.3) is 0 Å². The number of para-hydroxylation sites is 1. The lowest BCUT2D eigenvalue weighted by atomic mass is 10.0. The number of hydrogen-bond donors (Lipinski definition) is 0. The Bertz CT molecular complexity index is 1030. The molecule has 0 saturated heterocycles. The molecule has 0 unspecified atom stereocenters. The van der Waals surface area contributed by atoms with Crippen molar-refractivity contribution in [3.63, 3.8) is 0 Å². The van der Waals surface area contributed by atoms with E-state index in [1.165, 1.54) is 32.9 Å². The molecule has 4 rings (SSSR count). The standard InChI is InChI=1S/C23H21N/c1-4-17-9-11-18(12-10-17)19-13-14-23-21(15-19)20-7-5-6-8-22(20)24(23)16(2)3/h4-16H,1H2,2-3H3. The van der Waals surface area contributed by atoms with Crippen LogP contribution in [0.1, 0.15) is 25.5 Å². The fourth-order valence-electron chi connectivity index (χ4n) is 3.55. The zero-order chi connectivity index (χ0) is 16.7. The molecule has 0 amide bonds. The van der Waals surface area contributed by atoms with Gasteiger partial charge in [0.1, 0.15) is 0 Å². The van der Waals surface area contributed by atoms with Gasteiger partial charge in [0.05, 0.1) is 0 Å². The monoisotopic (exact) mass is 311 g/mol. The highest BCUT2D eigenvalue weighted by atomic mass is 15.0. The smallest absolute Gasteiger partial charge is 0.0494 e. The van der Waals surface area contributed by atoms with E-state index in [-0.39, 0.29) is 0 Å². The van der Waals surface area contributed by atoms with E-state index < -0.39 is 0 Å². The summed E-state index contributed by atoms with van der Waals surface area (Å²) < 4.78 is 2.43. The Labute approximate surface area is 142 Å². The molecule has 24 heavy (non-hydrogen) atoms. The Morgan fingerprint density at radius 2 is 1.46 bits per heavy atom. The van der Waals surface area contributed by atoms with Crippen molar-refractivity contribution in [1.29, 1.82) is 0 Å². The fraction of sp³-hybridized carbons (Fsp3) is 0.130. The van der Waals surface area contributed by atoms with Crippen molar-refractivity contribution >= 4 is 27.9 Å². The molecule has 0 radical (unpaired) electrons. The number of benzene rings is 3. The molecule has 0 fully saturated rings. The van der Waals surface area contributed by atoms with E-state index in [1.807, 2.05) is 6.08 Å². The number of nitrogens with zero attached hydrogens (tertiary/aromatic N) is 1. The summed E-state index contributed by atoms with van der Waals surface area (Å²) in [6, 6.07) is 24.5. The van der Waals surface area contributed by atoms with Gasteiger partial charge in [-0.2, -0.15) is 0 Å². The van der Waals surface area contributed by atoms with Crippen LogP contribution in [0.2, 0.25) is 0 Å². The molecule has 118 valence electrons. The molecule has 3 aromatic carbocycles. The Hall–Kier alpha value is -2.80. The first-order valence-electron chi connectivity index (χ1n) is 8.44. The summed E-state index contributed by atoms with van der Waals surface area (Å²) in [5.41, 5.74) is 6.25. The quantitative estimate of drug-likeness (QED) is 0.397. The van der Waals surface area contributed by atoms with E-state index in [2.05, 4.69) is 91.7 Å². The van der Waals surface area contributed by atoms with E-state index in [1.54, 1.807) is 0 Å². The zero-order valence-corrected chi connectivity index (χ0v) is 14.2. The Balaban J connectivity index is 1.97. The molecule has 0 bridgehead atoms. The lowest BCUT2D eigenvalue weighted by molar-refractivity contribution is 0.642. The van der Waals surface area contributed by atoms with Crippen LogP contribution in [-0.4, -0.2) is 4.57 Å². The predicted octanol–water partition coefficient (Wildman–Crippen LogP) is 6.69. The van der Waals surface area contributed by atoms with Crippen LogP contribution in [0, 0.1) is 0 Å². The maximum atomic E-state index is 3.82. The van der Waals surface area contributed by atoms with Gasteiger partial charge in [-0.1, -0.05) is 61.2 Å². The maximum Gasteiger partial charge on any atom is 0.0494 e. The number of fused-ring (bicyclic) bond motifs is 3. The highest BCUT2D eigenvalue weighted by Crippen LogP contribution is 2.34. The minimum atomic E-state index is 0.435. The summed E-state index contributed by atoms with van der Waals surface area (Å²) in [5, 5.41) is 2.65. The Morgan fingerprint density at radius 3 is 2.17 bits per heavy atom. The molecule has 0 atom stereocenters. The average Bonchev–Trinajstić information content (AvgIpc) is 2.95. The van der Waals surface area contributed by atoms with Gasteiger partial charge in [0, 0.05) is 27.8 Å². The number of rotatable bonds is 3. The second-order valence-electron chi connectivity index (χ2n) is 6.54. The summed E-state index contributed by atoms with van der Waals surface area (Å²) in [5.74, 6) is 0. The zero-order valence-electron chi connectivity index (χ0n) is 14.2. The first-order chi connectivity index (χ1) is 11.7. The van der Waals surface area contributed by atoms with Crippen molar-refractivity contribution in [2.75, 3.05) is 0 Å². The van der Waals surface area contributed by atoms with Crippen LogP contribution >= 0.6 is 0 Å². The third-order valence-electron chi connectivity index (χ3n) is 4.71. The van der Waals surface area contributed by atoms with E-state index in [0.29, 0.717) is 6.04 Å². The average molecular weight is 311 g/mol. The molecule has 0 aliphatic rings. The fourth-order valence-corrected chi connectivity index (χ4v) is 3.55. The van der Waals surface area contributed by atoms with Crippen LogP contribution in [0.4, 0.5) is 0 Å². The third-order valence-corrected chi connectivity index (χ3v) is 4.71. The van der Waals surface area contributed by atoms with Crippen molar-refractivity contribution in [2.45, 2.75) is 19.9 Å². The molecule has 1 heteroatoms. The van der Waals surface area contributed by atoms with Crippen LogP contribution in [0.25, 0.3) is 39.0 Å². The number of aromatic nitrogens is 1. The van der Waals surface area contributed by atoms with Crippen LogP contribution in [0.5, 0.6) is 0 Å². The van der Waals surface area contributed by atoms with Gasteiger partial charge < -0.3 is 4.57 Å². The van der Waals surface area contributed by atoms with Crippen molar-refractivity contribution in [3.05, 3.63) is 78.9 Å². The Morgan fingerprint density at radius 1 is 0.792 bits per heavy atom. The SMILES string of the molecule is C=Cc1ccc(-c2ccc3c(c2)c2ccccc2n3C(C)C)cc1. The van der Waals surface area contributed by atoms with Crippen LogP contribution in [-0.2, 0) is 0 Å². The summed E-state index contributed by atoms with van der Waals surface area (Å²) in [7, 11) is 0. The predicted molar refractivity (Wildman–Crippen MR) is 105 cm³/mol. The van der Waals surface area contributed by atoms with Crippen LogP contribution in [0.15, 0.2) is 73.3 Å². The molecule has 0 N–H and O–H groups in total. The van der Waals surface area contributed by atoms with Crippen molar-refractivity contribution < 1.29 is 0 Å². The topological polar surface area (TPSA) is 4.93 Å². The first-order valence-corrected chi connectivity index (χ1v) is 8.44. The van der Waals surface area contributed by atoms with Gasteiger partial charge in [-0.15, -0.1) is 0 Å². The third kappa shape index (κ3) is 2.25. The molecule has 1 heterocycles. The molecule has 1 nitrogen and oxygen atoms in total. The minimum Gasteiger partial charge on any atom is -0.338 e. The molecule has 4 aromatic rings. The second kappa shape index (κ2) is 5.68. The van der Waals surface area contributed by atoms with Gasteiger partial charge in [0.2, 0.25) is 0 Å². The molecular formula is C23H21N. The van der Waals surface area contributed by atoms with Gasteiger partial charge in [0.15, 0.2) is 0 Å². The summed E-state index contributed by atoms with van der Waals surface area (Å²) >= 11 is 0. The maximum absolute atomic E-state index is 3.82. The first kappa shape index (κ1) is 14.8. The molecule has 0 spiro atoms. The molecule has 0 aliphatic heterocycles. The minimum absolute atomic E-state index is 0.435. The lowest BCUT2D eigenvalue weighted by Crippen LogP contribution is -1.99. The van der Waals surface area contributed by atoms with Crippen molar-refractivity contribution in [1.82, 2.24) is 4.57 Å². The van der Waals surface area contributed by atoms with Gasteiger partial charge in [-0.25, -0.2) is 0 Å². The van der Waals surface area contributed by atoms with Crippen molar-refractivity contribution in [2.24, 2.45) is 0 Å². The lowest BCUT2D eigenvalue weighted by Gasteiger charge is -2.11. The normalized spacial score (nSPS) is 11.5. The van der Waals surface area contributed by atoms with Crippen LogP contribution < -0.4 is 0 Å².